The molecule has 1 saturated carbocycles. The summed E-state index contributed by atoms with van der Waals surface area (Å²) in [6, 6.07) is 0.544. The van der Waals surface area contributed by atoms with Gasteiger partial charge >= 0.3 is 0 Å². The maximum Gasteiger partial charge on any atom is 0.124 e. The van der Waals surface area contributed by atoms with Crippen molar-refractivity contribution in [1.29, 1.82) is 0 Å². The first-order valence-electron chi connectivity index (χ1n) is 6.05. The summed E-state index contributed by atoms with van der Waals surface area (Å²) in [7, 11) is 0. The number of halogens is 1. The largest absolute Gasteiger partial charge is 0.325 e. The molecule has 0 amide bonds. The van der Waals surface area contributed by atoms with Crippen LogP contribution >= 0.6 is 22.6 Å². The Morgan fingerprint density at radius 2 is 2.06 bits per heavy atom. The van der Waals surface area contributed by atoms with Gasteiger partial charge in [-0.1, -0.05) is 18.6 Å². The van der Waals surface area contributed by atoms with Gasteiger partial charge < -0.3 is 5.73 Å². The third-order valence-electron chi connectivity index (χ3n) is 3.63. The van der Waals surface area contributed by atoms with Crippen molar-refractivity contribution in [2.75, 3.05) is 0 Å². The van der Waals surface area contributed by atoms with Gasteiger partial charge in [0.25, 0.3) is 0 Å². The van der Waals surface area contributed by atoms with Gasteiger partial charge in [0.2, 0.25) is 0 Å². The lowest BCUT2D eigenvalue weighted by Crippen LogP contribution is -2.20. The molecule has 2 rings (SSSR count). The summed E-state index contributed by atoms with van der Waals surface area (Å²) in [4.78, 5) is 0. The molecule has 2 N–H and O–H groups in total. The first-order chi connectivity index (χ1) is 7.76. The van der Waals surface area contributed by atoms with E-state index in [9.17, 15) is 0 Å². The molecule has 0 radical (unpaired) electrons. The van der Waals surface area contributed by atoms with E-state index < -0.39 is 0 Å². The van der Waals surface area contributed by atoms with Crippen LogP contribution in [0.3, 0.4) is 0 Å². The van der Waals surface area contributed by atoms with Crippen LogP contribution in [0.25, 0.3) is 0 Å². The Balaban J connectivity index is 2.05. The highest BCUT2D eigenvalue weighted by Gasteiger charge is 2.24. The summed E-state index contributed by atoms with van der Waals surface area (Å²) in [5.41, 5.74) is 6.55. The first kappa shape index (κ1) is 12.3. The van der Waals surface area contributed by atoms with Crippen LogP contribution in [-0.4, -0.2) is 15.0 Å². The summed E-state index contributed by atoms with van der Waals surface area (Å²) in [6.45, 7) is 2.78. The molecule has 0 spiro atoms. The second-order valence-electron chi connectivity index (χ2n) is 4.56. The van der Waals surface area contributed by atoms with Crippen molar-refractivity contribution in [2.45, 2.75) is 51.6 Å². The van der Waals surface area contributed by atoms with Crippen LogP contribution in [0.15, 0.2) is 0 Å². The third kappa shape index (κ3) is 2.40. The van der Waals surface area contributed by atoms with Gasteiger partial charge in [0.1, 0.15) is 9.39 Å². The molecular formula is C11H19IN4. The number of nitrogens with zero attached hydrogens (tertiary/aromatic N) is 3. The number of hydrogen-bond acceptors (Lipinski definition) is 3. The molecule has 1 heterocycles. The van der Waals surface area contributed by atoms with Gasteiger partial charge in [0, 0.05) is 6.54 Å². The van der Waals surface area contributed by atoms with Crippen molar-refractivity contribution in [3.05, 3.63) is 9.39 Å². The molecule has 1 fully saturated rings. The second kappa shape index (κ2) is 5.44. The summed E-state index contributed by atoms with van der Waals surface area (Å²) in [5.74, 6) is 0.923. The highest BCUT2D eigenvalue weighted by molar-refractivity contribution is 14.1. The molecule has 5 heteroatoms. The molecule has 0 bridgehead atoms. The van der Waals surface area contributed by atoms with Crippen molar-refractivity contribution in [2.24, 2.45) is 11.7 Å². The molecule has 0 aliphatic heterocycles. The van der Waals surface area contributed by atoms with Crippen LogP contribution in [0.5, 0.6) is 0 Å². The molecule has 0 unspecified atom stereocenters. The maximum atomic E-state index is 5.62. The topological polar surface area (TPSA) is 56.7 Å². The average Bonchev–Trinajstić information content (AvgIpc) is 2.70. The molecule has 1 aliphatic carbocycles. The van der Waals surface area contributed by atoms with Crippen LogP contribution in [0.4, 0.5) is 0 Å². The average molecular weight is 334 g/mol. The minimum atomic E-state index is 0.489. The van der Waals surface area contributed by atoms with Crippen LogP contribution < -0.4 is 5.73 Å². The predicted octanol–water partition coefficient (Wildman–Crippen LogP) is 2.48. The Morgan fingerprint density at radius 3 is 2.56 bits per heavy atom. The van der Waals surface area contributed by atoms with Gasteiger partial charge in [-0.05, 0) is 54.2 Å². The van der Waals surface area contributed by atoms with E-state index in [-0.39, 0.29) is 0 Å². The van der Waals surface area contributed by atoms with E-state index in [4.69, 9.17) is 5.73 Å². The van der Waals surface area contributed by atoms with E-state index in [1.165, 1.54) is 32.1 Å². The monoisotopic (exact) mass is 334 g/mol. The zero-order valence-corrected chi connectivity index (χ0v) is 11.9. The van der Waals surface area contributed by atoms with Crippen molar-refractivity contribution >= 4 is 22.6 Å². The Morgan fingerprint density at radius 1 is 1.38 bits per heavy atom. The molecule has 0 saturated heterocycles. The minimum absolute atomic E-state index is 0.489. The molecule has 0 atom stereocenters. The smallest absolute Gasteiger partial charge is 0.124 e. The van der Waals surface area contributed by atoms with E-state index in [1.54, 1.807) is 0 Å². The van der Waals surface area contributed by atoms with E-state index in [0.717, 1.165) is 15.3 Å². The Hall–Kier alpha value is -0.170. The number of hydrogen-bond donors (Lipinski definition) is 1. The summed E-state index contributed by atoms with van der Waals surface area (Å²) in [6.07, 6.45) is 6.45. The lowest BCUT2D eigenvalue weighted by molar-refractivity contribution is 0.251. The molecule has 1 aromatic rings. The van der Waals surface area contributed by atoms with E-state index >= 15 is 0 Å². The normalized spacial score (nSPS) is 25.9. The van der Waals surface area contributed by atoms with Gasteiger partial charge in [-0.3, -0.25) is 0 Å². The highest BCUT2D eigenvalue weighted by atomic mass is 127. The lowest BCUT2D eigenvalue weighted by atomic mass is 9.85. The SMILES string of the molecule is CCC1CCC(n2nnc(CN)c2I)CC1. The van der Waals surface area contributed by atoms with E-state index in [0.29, 0.717) is 12.6 Å². The van der Waals surface area contributed by atoms with Crippen LogP contribution in [0, 0.1) is 9.62 Å². The second-order valence-corrected chi connectivity index (χ2v) is 5.58. The quantitative estimate of drug-likeness (QED) is 0.864. The first-order valence-corrected chi connectivity index (χ1v) is 7.13. The number of rotatable bonds is 3. The fourth-order valence-electron chi connectivity index (χ4n) is 2.47. The molecule has 90 valence electrons. The van der Waals surface area contributed by atoms with Gasteiger partial charge in [0.05, 0.1) is 6.04 Å². The molecule has 1 aromatic heterocycles. The minimum Gasteiger partial charge on any atom is -0.325 e. The zero-order valence-electron chi connectivity index (χ0n) is 9.69. The lowest BCUT2D eigenvalue weighted by Gasteiger charge is -2.27. The molecule has 1 aliphatic rings. The van der Waals surface area contributed by atoms with Gasteiger partial charge in [-0.25, -0.2) is 4.68 Å². The number of nitrogens with two attached hydrogens (primary N) is 1. The number of aromatic nitrogens is 3. The fraction of sp³-hybridized carbons (Fsp3) is 0.818. The Kier molecular flexibility index (Phi) is 4.18. The van der Waals surface area contributed by atoms with E-state index in [2.05, 4.69) is 44.5 Å². The predicted molar refractivity (Wildman–Crippen MR) is 71.9 cm³/mol. The summed E-state index contributed by atoms with van der Waals surface area (Å²) in [5, 5.41) is 8.37. The molecule has 16 heavy (non-hydrogen) atoms. The van der Waals surface area contributed by atoms with Crippen molar-refractivity contribution in [1.82, 2.24) is 15.0 Å². The zero-order chi connectivity index (χ0) is 11.5. The van der Waals surface area contributed by atoms with E-state index in [1.807, 2.05) is 0 Å². The standard InChI is InChI=1S/C11H19IN4/c1-2-8-3-5-9(6-4-8)16-11(12)10(7-13)14-15-16/h8-9H,2-7,13H2,1H3. The Labute approximate surface area is 110 Å². The van der Waals surface area contributed by atoms with Gasteiger partial charge in [0.15, 0.2) is 0 Å². The van der Waals surface area contributed by atoms with Crippen LogP contribution in [-0.2, 0) is 6.54 Å². The van der Waals surface area contributed by atoms with Crippen LogP contribution in [0.1, 0.15) is 50.8 Å². The Bertz CT molecular complexity index is 342. The molecule has 4 nitrogen and oxygen atoms in total. The van der Waals surface area contributed by atoms with Crippen molar-refractivity contribution in [3.8, 4) is 0 Å². The van der Waals surface area contributed by atoms with Crippen molar-refractivity contribution in [3.63, 3.8) is 0 Å². The third-order valence-corrected chi connectivity index (χ3v) is 4.75. The van der Waals surface area contributed by atoms with Gasteiger partial charge in [-0.15, -0.1) is 5.10 Å². The highest BCUT2D eigenvalue weighted by Crippen LogP contribution is 2.34. The summed E-state index contributed by atoms with van der Waals surface area (Å²) >= 11 is 2.31. The van der Waals surface area contributed by atoms with Gasteiger partial charge in [-0.2, -0.15) is 0 Å². The summed E-state index contributed by atoms with van der Waals surface area (Å²) < 4.78 is 3.20. The van der Waals surface area contributed by atoms with Crippen LogP contribution in [0.2, 0.25) is 0 Å². The van der Waals surface area contributed by atoms with Crippen molar-refractivity contribution < 1.29 is 0 Å². The molecule has 0 aromatic carbocycles. The maximum absolute atomic E-state index is 5.62. The fourth-order valence-corrected chi connectivity index (χ4v) is 3.29. The molecular weight excluding hydrogens is 315 g/mol.